The van der Waals surface area contributed by atoms with Crippen molar-refractivity contribution in [2.45, 2.75) is 0 Å². The van der Waals surface area contributed by atoms with Crippen molar-refractivity contribution >= 4 is 39.6 Å². The molecule has 0 unspecified atom stereocenters. The maximum absolute atomic E-state index is 12.2. The normalized spacial score (nSPS) is 10.6. The Morgan fingerprint density at radius 3 is 2.27 bits per heavy atom. The highest BCUT2D eigenvalue weighted by Gasteiger charge is 2.08. The van der Waals surface area contributed by atoms with Crippen LogP contribution in [0.15, 0.2) is 76.3 Å². The Balaban J connectivity index is 1.58. The van der Waals surface area contributed by atoms with Crippen molar-refractivity contribution < 1.29 is 19.4 Å². The summed E-state index contributed by atoms with van der Waals surface area (Å²) in [5, 5.41) is 16.3. The predicted octanol–water partition coefficient (Wildman–Crippen LogP) is 4.18. The second-order valence-electron chi connectivity index (χ2n) is 6.17. The van der Waals surface area contributed by atoms with Gasteiger partial charge in [-0.25, -0.2) is 5.43 Å². The lowest BCUT2D eigenvalue weighted by molar-refractivity contribution is 0.0954. The number of hydrazone groups is 1. The number of phenols is 1. The zero-order valence-corrected chi connectivity index (χ0v) is 17.5. The molecule has 0 atom stereocenters. The number of ether oxygens (including phenoxy) is 1. The second kappa shape index (κ2) is 9.71. The Labute approximate surface area is 181 Å². The monoisotopic (exact) mass is 467 g/mol. The number of halogens is 1. The number of carbonyl (C=O) groups excluding carboxylic acids is 2. The molecule has 3 N–H and O–H groups in total. The fraction of sp³-hybridized carbons (Fsp3) is 0.0455. The van der Waals surface area contributed by atoms with Crippen molar-refractivity contribution in [1.29, 1.82) is 0 Å². The van der Waals surface area contributed by atoms with Gasteiger partial charge in [0.25, 0.3) is 11.8 Å². The van der Waals surface area contributed by atoms with E-state index in [1.807, 2.05) is 0 Å². The van der Waals surface area contributed by atoms with E-state index in [4.69, 9.17) is 4.74 Å². The zero-order chi connectivity index (χ0) is 21.5. The highest BCUT2D eigenvalue weighted by Crippen LogP contribution is 2.25. The number of aromatic hydroxyl groups is 1. The van der Waals surface area contributed by atoms with Crippen LogP contribution in [0.1, 0.15) is 26.3 Å². The van der Waals surface area contributed by atoms with Gasteiger partial charge in [0.1, 0.15) is 0 Å². The first kappa shape index (κ1) is 21.1. The Kier molecular flexibility index (Phi) is 6.82. The molecule has 2 amide bonds. The maximum atomic E-state index is 12.2. The molecular weight excluding hydrogens is 450 g/mol. The van der Waals surface area contributed by atoms with Gasteiger partial charge < -0.3 is 15.2 Å². The Morgan fingerprint density at radius 2 is 1.60 bits per heavy atom. The molecule has 0 saturated heterocycles. The zero-order valence-electron chi connectivity index (χ0n) is 15.9. The molecule has 0 bridgehead atoms. The Morgan fingerprint density at radius 1 is 0.967 bits per heavy atom. The number of amides is 2. The second-order valence-corrected chi connectivity index (χ2v) is 7.08. The van der Waals surface area contributed by atoms with Crippen molar-refractivity contribution in [3.05, 3.63) is 87.9 Å². The first-order valence-corrected chi connectivity index (χ1v) is 9.63. The van der Waals surface area contributed by atoms with Crippen LogP contribution in [-0.4, -0.2) is 30.2 Å². The molecule has 0 aliphatic carbocycles. The number of hydrogen-bond donors (Lipinski definition) is 3. The predicted molar refractivity (Wildman–Crippen MR) is 118 cm³/mol. The standard InChI is InChI=1S/C22H18BrN3O4/c1-30-20-12-14(2-11-19(20)27)13-24-26-22(29)16-5-9-18(10-6-16)25-21(28)15-3-7-17(23)8-4-15/h2-13,27H,1H3,(H,25,28)(H,26,29)/b24-13-. The van der Waals surface area contributed by atoms with Gasteiger partial charge in [-0.3, -0.25) is 9.59 Å². The molecule has 0 fully saturated rings. The number of rotatable bonds is 6. The van der Waals surface area contributed by atoms with Crippen molar-refractivity contribution in [2.75, 3.05) is 12.4 Å². The number of carbonyl (C=O) groups is 2. The van der Waals surface area contributed by atoms with Gasteiger partial charge >= 0.3 is 0 Å². The first-order chi connectivity index (χ1) is 14.5. The molecule has 0 aliphatic rings. The summed E-state index contributed by atoms with van der Waals surface area (Å²) >= 11 is 3.33. The highest BCUT2D eigenvalue weighted by atomic mass is 79.9. The van der Waals surface area contributed by atoms with Crippen LogP contribution in [0.4, 0.5) is 5.69 Å². The molecule has 0 spiro atoms. The van der Waals surface area contributed by atoms with Gasteiger partial charge in [0, 0.05) is 21.3 Å². The van der Waals surface area contributed by atoms with Crippen molar-refractivity contribution in [2.24, 2.45) is 5.10 Å². The molecule has 0 radical (unpaired) electrons. The average Bonchev–Trinajstić information content (AvgIpc) is 2.75. The van der Waals surface area contributed by atoms with E-state index in [0.29, 0.717) is 28.1 Å². The summed E-state index contributed by atoms with van der Waals surface area (Å²) in [7, 11) is 1.45. The van der Waals surface area contributed by atoms with Gasteiger partial charge in [-0.2, -0.15) is 5.10 Å². The van der Waals surface area contributed by atoms with Crippen LogP contribution >= 0.6 is 15.9 Å². The maximum Gasteiger partial charge on any atom is 0.271 e. The molecule has 152 valence electrons. The van der Waals surface area contributed by atoms with E-state index < -0.39 is 5.91 Å². The fourth-order valence-corrected chi connectivity index (χ4v) is 2.78. The van der Waals surface area contributed by atoms with Crippen molar-refractivity contribution in [3.63, 3.8) is 0 Å². The summed E-state index contributed by atoms with van der Waals surface area (Å²) in [6.07, 6.45) is 1.44. The third-order valence-electron chi connectivity index (χ3n) is 4.09. The Hall–Kier alpha value is -3.65. The van der Waals surface area contributed by atoms with E-state index in [1.165, 1.54) is 19.4 Å². The summed E-state index contributed by atoms with van der Waals surface area (Å²) in [5.41, 5.74) is 4.56. The van der Waals surface area contributed by atoms with Crippen LogP contribution in [0.2, 0.25) is 0 Å². The lowest BCUT2D eigenvalue weighted by atomic mass is 10.1. The smallest absolute Gasteiger partial charge is 0.271 e. The van der Waals surface area contributed by atoms with Gasteiger partial charge in [-0.15, -0.1) is 0 Å². The van der Waals surface area contributed by atoms with Crippen LogP contribution in [0.3, 0.4) is 0 Å². The number of anilines is 1. The number of phenolic OH excluding ortho intramolecular Hbond substituents is 1. The molecule has 3 aromatic rings. The van der Waals surface area contributed by atoms with Gasteiger partial charge in [0.2, 0.25) is 0 Å². The molecule has 0 saturated carbocycles. The molecule has 3 aromatic carbocycles. The molecule has 0 heterocycles. The molecular formula is C22H18BrN3O4. The summed E-state index contributed by atoms with van der Waals surface area (Å²) < 4.78 is 5.91. The summed E-state index contributed by atoms with van der Waals surface area (Å²) in [6.45, 7) is 0. The van der Waals surface area contributed by atoms with Crippen LogP contribution < -0.4 is 15.5 Å². The molecule has 8 heteroatoms. The van der Waals surface area contributed by atoms with E-state index >= 15 is 0 Å². The minimum atomic E-state index is -0.400. The van der Waals surface area contributed by atoms with Crippen molar-refractivity contribution in [1.82, 2.24) is 5.43 Å². The van der Waals surface area contributed by atoms with Gasteiger partial charge in [0.05, 0.1) is 13.3 Å². The van der Waals surface area contributed by atoms with Crippen molar-refractivity contribution in [3.8, 4) is 11.5 Å². The topological polar surface area (TPSA) is 100 Å². The minimum absolute atomic E-state index is 0.0194. The number of methoxy groups -OCH3 is 1. The van der Waals surface area contributed by atoms with Crippen LogP contribution in [0, 0.1) is 0 Å². The largest absolute Gasteiger partial charge is 0.504 e. The van der Waals surface area contributed by atoms with E-state index in [2.05, 4.69) is 31.8 Å². The summed E-state index contributed by atoms with van der Waals surface area (Å²) in [6, 6.07) is 18.2. The van der Waals surface area contributed by atoms with Crippen LogP contribution in [-0.2, 0) is 0 Å². The van der Waals surface area contributed by atoms with Gasteiger partial charge in [-0.1, -0.05) is 15.9 Å². The number of hydrogen-bond acceptors (Lipinski definition) is 5. The molecule has 0 aromatic heterocycles. The lowest BCUT2D eigenvalue weighted by Crippen LogP contribution is -2.17. The van der Waals surface area contributed by atoms with E-state index in [0.717, 1.165) is 4.47 Å². The third kappa shape index (κ3) is 5.45. The number of benzene rings is 3. The molecule has 0 aliphatic heterocycles. The fourth-order valence-electron chi connectivity index (χ4n) is 2.51. The molecule has 7 nitrogen and oxygen atoms in total. The third-order valence-corrected chi connectivity index (χ3v) is 4.62. The first-order valence-electron chi connectivity index (χ1n) is 8.83. The average molecular weight is 468 g/mol. The van der Waals surface area contributed by atoms with Gasteiger partial charge in [0.15, 0.2) is 11.5 Å². The van der Waals surface area contributed by atoms with E-state index in [-0.39, 0.29) is 11.7 Å². The number of nitrogens with one attached hydrogen (secondary N) is 2. The lowest BCUT2D eigenvalue weighted by Gasteiger charge is -2.06. The SMILES string of the molecule is COc1cc(/C=N\NC(=O)c2ccc(NC(=O)c3ccc(Br)cc3)cc2)ccc1O. The quantitative estimate of drug-likeness (QED) is 0.373. The minimum Gasteiger partial charge on any atom is -0.504 e. The molecule has 30 heavy (non-hydrogen) atoms. The van der Waals surface area contributed by atoms with E-state index in [9.17, 15) is 14.7 Å². The van der Waals surface area contributed by atoms with Crippen LogP contribution in [0.25, 0.3) is 0 Å². The summed E-state index contributed by atoms with van der Waals surface area (Å²) in [4.78, 5) is 24.5. The van der Waals surface area contributed by atoms with Gasteiger partial charge in [-0.05, 0) is 72.3 Å². The highest BCUT2D eigenvalue weighted by molar-refractivity contribution is 9.10. The Bertz CT molecular complexity index is 1080. The molecule has 3 rings (SSSR count). The number of nitrogens with zero attached hydrogens (tertiary/aromatic N) is 1. The van der Waals surface area contributed by atoms with E-state index in [1.54, 1.807) is 60.7 Å². The summed E-state index contributed by atoms with van der Waals surface area (Å²) in [5.74, 6) is -0.312. The van der Waals surface area contributed by atoms with Crippen LogP contribution in [0.5, 0.6) is 11.5 Å².